The summed E-state index contributed by atoms with van der Waals surface area (Å²) in [5.41, 5.74) is 1.17. The lowest BCUT2D eigenvalue weighted by molar-refractivity contribution is -0.149. The molecular weight excluding hydrogens is 238 g/mol. The lowest BCUT2D eigenvalue weighted by Crippen LogP contribution is -2.44. The first-order valence-electron chi connectivity index (χ1n) is 7.14. The van der Waals surface area contributed by atoms with Gasteiger partial charge in [-0.25, -0.2) is 0 Å². The molecule has 1 atom stereocenters. The average molecular weight is 261 g/mol. The Kier molecular flexibility index (Phi) is 4.97. The first-order valence-corrected chi connectivity index (χ1v) is 7.14. The second-order valence-corrected chi connectivity index (χ2v) is 5.40. The minimum atomic E-state index is -0.236. The van der Waals surface area contributed by atoms with Crippen LogP contribution in [0, 0.1) is 0 Å². The van der Waals surface area contributed by atoms with E-state index in [1.165, 1.54) is 5.56 Å². The monoisotopic (exact) mass is 261 g/mol. The summed E-state index contributed by atoms with van der Waals surface area (Å²) in [4.78, 5) is 14.5. The molecule has 0 spiro atoms. The number of carbonyl (C=O) groups excluding carboxylic acids is 1. The predicted octanol–water partition coefficient (Wildman–Crippen LogP) is 2.99. The zero-order valence-electron chi connectivity index (χ0n) is 11.8. The van der Waals surface area contributed by atoms with Crippen LogP contribution >= 0.6 is 0 Å². The van der Waals surface area contributed by atoms with Crippen molar-refractivity contribution in [3.8, 4) is 0 Å². The van der Waals surface area contributed by atoms with Crippen molar-refractivity contribution < 1.29 is 9.53 Å². The summed E-state index contributed by atoms with van der Waals surface area (Å²) in [5.74, 6) is 0.138. The van der Waals surface area contributed by atoms with Gasteiger partial charge in [-0.05, 0) is 38.7 Å². The highest BCUT2D eigenvalue weighted by Crippen LogP contribution is 2.18. The maximum absolute atomic E-state index is 12.5. The van der Waals surface area contributed by atoms with Gasteiger partial charge in [0.2, 0.25) is 0 Å². The largest absolute Gasteiger partial charge is 0.368 e. The molecule has 0 bridgehead atoms. The molecule has 1 amide bonds. The van der Waals surface area contributed by atoms with E-state index in [9.17, 15) is 4.79 Å². The van der Waals surface area contributed by atoms with E-state index in [4.69, 9.17) is 4.74 Å². The molecule has 0 aromatic heterocycles. The molecule has 1 aliphatic heterocycles. The van der Waals surface area contributed by atoms with Crippen molar-refractivity contribution in [1.82, 2.24) is 4.90 Å². The molecule has 0 radical (unpaired) electrons. The van der Waals surface area contributed by atoms with Crippen LogP contribution in [-0.2, 0) is 16.1 Å². The average Bonchev–Trinajstić information content (AvgIpc) is 2.46. The summed E-state index contributed by atoms with van der Waals surface area (Å²) in [6.07, 6.45) is 2.79. The molecule has 3 heteroatoms. The number of hydrogen-bond donors (Lipinski definition) is 0. The van der Waals surface area contributed by atoms with Crippen molar-refractivity contribution in [2.75, 3.05) is 6.61 Å². The highest BCUT2D eigenvalue weighted by Gasteiger charge is 2.28. The van der Waals surface area contributed by atoms with Crippen molar-refractivity contribution in [3.05, 3.63) is 35.9 Å². The standard InChI is InChI=1S/C16H23NO2/c1-13(2)17(12-14-8-4-3-5-9-14)16(18)15-10-6-7-11-19-15/h3-5,8-9,13,15H,6-7,10-12H2,1-2H3. The van der Waals surface area contributed by atoms with Crippen LogP contribution in [-0.4, -0.2) is 29.6 Å². The summed E-state index contributed by atoms with van der Waals surface area (Å²) < 4.78 is 5.62. The van der Waals surface area contributed by atoms with E-state index in [0.29, 0.717) is 13.2 Å². The SMILES string of the molecule is CC(C)N(Cc1ccccc1)C(=O)C1CCCCO1. The number of rotatable bonds is 4. The van der Waals surface area contributed by atoms with Gasteiger partial charge in [0, 0.05) is 19.2 Å². The third-order valence-corrected chi connectivity index (χ3v) is 3.56. The quantitative estimate of drug-likeness (QED) is 0.834. The third-order valence-electron chi connectivity index (χ3n) is 3.56. The van der Waals surface area contributed by atoms with Crippen molar-refractivity contribution in [3.63, 3.8) is 0 Å². The molecule has 0 saturated carbocycles. The van der Waals surface area contributed by atoms with Gasteiger partial charge in [-0.3, -0.25) is 4.79 Å². The number of hydrogen-bond acceptors (Lipinski definition) is 2. The fourth-order valence-corrected chi connectivity index (χ4v) is 2.42. The fourth-order valence-electron chi connectivity index (χ4n) is 2.42. The first-order chi connectivity index (χ1) is 9.18. The molecule has 1 unspecified atom stereocenters. The number of ether oxygens (including phenoxy) is 1. The van der Waals surface area contributed by atoms with E-state index in [2.05, 4.69) is 26.0 Å². The smallest absolute Gasteiger partial charge is 0.252 e. The lowest BCUT2D eigenvalue weighted by Gasteiger charge is -2.32. The van der Waals surface area contributed by atoms with Gasteiger partial charge in [0.15, 0.2) is 0 Å². The van der Waals surface area contributed by atoms with Gasteiger partial charge in [0.1, 0.15) is 6.10 Å². The van der Waals surface area contributed by atoms with Crippen LogP contribution in [0.2, 0.25) is 0 Å². The van der Waals surface area contributed by atoms with E-state index in [-0.39, 0.29) is 18.1 Å². The van der Waals surface area contributed by atoms with Crippen LogP contribution in [0.4, 0.5) is 0 Å². The van der Waals surface area contributed by atoms with Gasteiger partial charge in [-0.2, -0.15) is 0 Å². The molecule has 2 rings (SSSR count). The number of benzene rings is 1. The Hall–Kier alpha value is -1.35. The molecular formula is C16H23NO2. The van der Waals surface area contributed by atoms with Gasteiger partial charge in [-0.15, -0.1) is 0 Å². The first kappa shape index (κ1) is 14.1. The summed E-state index contributed by atoms with van der Waals surface area (Å²) in [6, 6.07) is 10.3. The van der Waals surface area contributed by atoms with E-state index in [1.54, 1.807) is 0 Å². The van der Waals surface area contributed by atoms with Gasteiger partial charge >= 0.3 is 0 Å². The molecule has 0 N–H and O–H groups in total. The second kappa shape index (κ2) is 6.71. The highest BCUT2D eigenvalue weighted by atomic mass is 16.5. The Labute approximate surface area is 115 Å². The Morgan fingerprint density at radius 3 is 2.63 bits per heavy atom. The lowest BCUT2D eigenvalue weighted by atomic mass is 10.1. The second-order valence-electron chi connectivity index (χ2n) is 5.40. The maximum Gasteiger partial charge on any atom is 0.252 e. The van der Waals surface area contributed by atoms with Crippen LogP contribution < -0.4 is 0 Å². The maximum atomic E-state index is 12.5. The Morgan fingerprint density at radius 1 is 1.32 bits per heavy atom. The van der Waals surface area contributed by atoms with Crippen molar-refractivity contribution in [2.24, 2.45) is 0 Å². The van der Waals surface area contributed by atoms with Crippen LogP contribution in [0.1, 0.15) is 38.7 Å². The van der Waals surface area contributed by atoms with Crippen molar-refractivity contribution >= 4 is 5.91 Å². The summed E-state index contributed by atoms with van der Waals surface area (Å²) in [5, 5.41) is 0. The van der Waals surface area contributed by atoms with E-state index in [1.807, 2.05) is 23.1 Å². The Balaban J connectivity index is 2.04. The van der Waals surface area contributed by atoms with Crippen molar-refractivity contribution in [2.45, 2.75) is 51.8 Å². The topological polar surface area (TPSA) is 29.5 Å². The molecule has 0 aliphatic carbocycles. The van der Waals surface area contributed by atoms with Crippen LogP contribution in [0.5, 0.6) is 0 Å². The summed E-state index contributed by atoms with van der Waals surface area (Å²) in [6.45, 7) is 5.50. The van der Waals surface area contributed by atoms with E-state index < -0.39 is 0 Å². The molecule has 3 nitrogen and oxygen atoms in total. The highest BCUT2D eigenvalue weighted by molar-refractivity contribution is 5.81. The van der Waals surface area contributed by atoms with Gasteiger partial charge in [0.05, 0.1) is 0 Å². The Bertz CT molecular complexity index is 396. The normalized spacial score (nSPS) is 19.4. The summed E-state index contributed by atoms with van der Waals surface area (Å²) >= 11 is 0. The number of amides is 1. The molecule has 19 heavy (non-hydrogen) atoms. The zero-order chi connectivity index (χ0) is 13.7. The third kappa shape index (κ3) is 3.80. The minimum Gasteiger partial charge on any atom is -0.368 e. The van der Waals surface area contributed by atoms with Gasteiger partial charge < -0.3 is 9.64 Å². The van der Waals surface area contributed by atoms with Gasteiger partial charge in [0.25, 0.3) is 5.91 Å². The molecule has 1 aromatic carbocycles. The minimum absolute atomic E-state index is 0.138. The van der Waals surface area contributed by atoms with Crippen LogP contribution in [0.25, 0.3) is 0 Å². The molecule has 104 valence electrons. The molecule has 1 aromatic rings. The molecule has 1 saturated heterocycles. The molecule has 1 aliphatic rings. The van der Waals surface area contributed by atoms with E-state index >= 15 is 0 Å². The van der Waals surface area contributed by atoms with Crippen LogP contribution in [0.15, 0.2) is 30.3 Å². The summed E-state index contributed by atoms with van der Waals surface area (Å²) in [7, 11) is 0. The zero-order valence-corrected chi connectivity index (χ0v) is 11.8. The fraction of sp³-hybridized carbons (Fsp3) is 0.562. The van der Waals surface area contributed by atoms with Gasteiger partial charge in [-0.1, -0.05) is 30.3 Å². The number of carbonyl (C=O) groups is 1. The molecule has 1 heterocycles. The van der Waals surface area contributed by atoms with Crippen LogP contribution in [0.3, 0.4) is 0 Å². The number of nitrogens with zero attached hydrogens (tertiary/aromatic N) is 1. The van der Waals surface area contributed by atoms with Crippen molar-refractivity contribution in [1.29, 1.82) is 0 Å². The van der Waals surface area contributed by atoms with E-state index in [0.717, 1.165) is 19.3 Å². The predicted molar refractivity (Wildman–Crippen MR) is 75.7 cm³/mol. The molecule has 1 fully saturated rings. The Morgan fingerprint density at radius 2 is 2.05 bits per heavy atom.